The van der Waals surface area contributed by atoms with E-state index in [4.69, 9.17) is 9.47 Å². The van der Waals surface area contributed by atoms with Crippen LogP contribution >= 0.6 is 0 Å². The van der Waals surface area contributed by atoms with Crippen molar-refractivity contribution in [3.8, 4) is 0 Å². The zero-order valence-electron chi connectivity index (χ0n) is 16.7. The van der Waals surface area contributed by atoms with Crippen LogP contribution in [0.2, 0.25) is 0 Å². The zero-order chi connectivity index (χ0) is 18.6. The summed E-state index contributed by atoms with van der Waals surface area (Å²) >= 11 is 0. The minimum absolute atomic E-state index is 0.219. The molecule has 142 valence electrons. The maximum atomic E-state index is 13.1. The zero-order valence-corrected chi connectivity index (χ0v) is 16.7. The van der Waals surface area contributed by atoms with Gasteiger partial charge >= 0.3 is 11.9 Å². The average molecular weight is 343 g/mol. The lowest BCUT2D eigenvalue weighted by atomic mass is 9.55. The first-order chi connectivity index (χ1) is 11.5. The van der Waals surface area contributed by atoms with Gasteiger partial charge in [0.15, 0.2) is 0 Å². The molecule has 0 amide bonds. The number of hydrogen-bond donors (Lipinski definition) is 0. The summed E-state index contributed by atoms with van der Waals surface area (Å²) in [5.41, 5.74) is -1.57. The van der Waals surface area contributed by atoms with Crippen molar-refractivity contribution in [2.75, 3.05) is 13.2 Å². The second kappa shape index (κ2) is 11.5. The van der Waals surface area contributed by atoms with E-state index in [1.54, 1.807) is 0 Å². The summed E-state index contributed by atoms with van der Waals surface area (Å²) in [7, 11) is 0. The molecule has 0 radical (unpaired) electrons. The SMILES string of the molecule is CCCC(CCC)(C(=O)OCC)C(CCC)(CCC)C(=O)OCC. The van der Waals surface area contributed by atoms with Crippen LogP contribution in [0.4, 0.5) is 0 Å². The second-order valence-electron chi connectivity index (χ2n) is 6.61. The molecule has 0 aliphatic heterocycles. The predicted molar refractivity (Wildman–Crippen MR) is 97.8 cm³/mol. The first kappa shape index (κ1) is 22.9. The first-order valence-electron chi connectivity index (χ1n) is 9.80. The third kappa shape index (κ3) is 4.73. The number of esters is 2. The highest BCUT2D eigenvalue weighted by Crippen LogP contribution is 2.54. The molecule has 4 heteroatoms. The Morgan fingerprint density at radius 1 is 0.583 bits per heavy atom. The third-order valence-corrected chi connectivity index (χ3v) is 4.96. The molecule has 0 rings (SSSR count). The topological polar surface area (TPSA) is 52.6 Å². The van der Waals surface area contributed by atoms with Gasteiger partial charge in [0, 0.05) is 0 Å². The molecular weight excluding hydrogens is 304 g/mol. The lowest BCUT2D eigenvalue weighted by molar-refractivity contribution is -0.186. The Morgan fingerprint density at radius 2 is 0.833 bits per heavy atom. The van der Waals surface area contributed by atoms with Crippen molar-refractivity contribution in [1.82, 2.24) is 0 Å². The molecule has 0 saturated carbocycles. The molecule has 24 heavy (non-hydrogen) atoms. The Labute approximate surface area is 148 Å². The molecule has 0 N–H and O–H groups in total. The molecule has 0 aromatic rings. The summed E-state index contributed by atoms with van der Waals surface area (Å²) in [6.45, 7) is 12.6. The number of carbonyl (C=O) groups is 2. The lowest BCUT2D eigenvalue weighted by Gasteiger charge is -2.47. The summed E-state index contributed by atoms with van der Waals surface area (Å²) in [5.74, 6) is -0.438. The Bertz CT molecular complexity index is 328. The van der Waals surface area contributed by atoms with E-state index in [2.05, 4.69) is 27.7 Å². The van der Waals surface area contributed by atoms with Gasteiger partial charge < -0.3 is 9.47 Å². The van der Waals surface area contributed by atoms with Gasteiger partial charge in [0.05, 0.1) is 24.0 Å². The molecule has 0 fully saturated rings. The molecule has 0 unspecified atom stereocenters. The molecule has 0 aliphatic rings. The Morgan fingerprint density at radius 3 is 1.00 bits per heavy atom. The molecule has 0 bridgehead atoms. The van der Waals surface area contributed by atoms with Crippen LogP contribution in [0.3, 0.4) is 0 Å². The van der Waals surface area contributed by atoms with Crippen molar-refractivity contribution < 1.29 is 19.1 Å². The highest BCUT2D eigenvalue weighted by atomic mass is 16.5. The summed E-state index contributed by atoms with van der Waals surface area (Å²) in [4.78, 5) is 26.2. The Balaban J connectivity index is 6.36. The van der Waals surface area contributed by atoms with E-state index in [0.717, 1.165) is 25.7 Å². The molecule has 0 aliphatic carbocycles. The molecule has 0 atom stereocenters. The highest BCUT2D eigenvalue weighted by molar-refractivity contribution is 5.88. The molecule has 0 saturated heterocycles. The first-order valence-corrected chi connectivity index (χ1v) is 9.80. The normalized spacial score (nSPS) is 12.1. The van der Waals surface area contributed by atoms with Gasteiger partial charge in [0.2, 0.25) is 0 Å². The minimum atomic E-state index is -0.787. The fraction of sp³-hybridized carbons (Fsp3) is 0.900. The van der Waals surface area contributed by atoms with Gasteiger partial charge in [-0.25, -0.2) is 0 Å². The predicted octanol–water partition coefficient (Wildman–Crippen LogP) is 5.29. The van der Waals surface area contributed by atoms with Crippen LogP contribution in [0, 0.1) is 10.8 Å². The van der Waals surface area contributed by atoms with E-state index in [1.165, 1.54) is 0 Å². The lowest BCUT2D eigenvalue weighted by Crippen LogP contribution is -2.54. The van der Waals surface area contributed by atoms with Crippen LogP contribution in [0.1, 0.15) is 92.9 Å². The molecule has 0 spiro atoms. The van der Waals surface area contributed by atoms with Crippen molar-refractivity contribution in [3.05, 3.63) is 0 Å². The summed E-state index contributed by atoms with van der Waals surface area (Å²) < 4.78 is 11.0. The standard InChI is InChI=1S/C20H38O4/c1-7-13-19(14-8-2,17(21)23-11-5)20(15-9-3,16-10-4)18(22)24-12-6/h7-16H2,1-6H3. The maximum absolute atomic E-state index is 13.1. The summed E-state index contributed by atoms with van der Waals surface area (Å²) in [6.07, 6.45) is 6.02. The largest absolute Gasteiger partial charge is 0.466 e. The summed E-state index contributed by atoms with van der Waals surface area (Å²) in [6, 6.07) is 0. The van der Waals surface area contributed by atoms with Crippen molar-refractivity contribution >= 4 is 11.9 Å². The van der Waals surface area contributed by atoms with Gasteiger partial charge in [0.25, 0.3) is 0 Å². The van der Waals surface area contributed by atoms with Crippen molar-refractivity contribution in [1.29, 1.82) is 0 Å². The minimum Gasteiger partial charge on any atom is -0.466 e. The van der Waals surface area contributed by atoms with Gasteiger partial charge in [-0.15, -0.1) is 0 Å². The second-order valence-corrected chi connectivity index (χ2v) is 6.61. The van der Waals surface area contributed by atoms with Crippen molar-refractivity contribution in [2.45, 2.75) is 92.9 Å². The monoisotopic (exact) mass is 342 g/mol. The van der Waals surface area contributed by atoms with Crippen LogP contribution in [0.25, 0.3) is 0 Å². The Hall–Kier alpha value is -1.06. The highest BCUT2D eigenvalue weighted by Gasteiger charge is 2.60. The van der Waals surface area contributed by atoms with Gasteiger partial charge in [-0.1, -0.05) is 53.4 Å². The van der Waals surface area contributed by atoms with Crippen LogP contribution < -0.4 is 0 Å². The van der Waals surface area contributed by atoms with Crippen LogP contribution in [-0.2, 0) is 19.1 Å². The van der Waals surface area contributed by atoms with E-state index >= 15 is 0 Å². The number of hydrogen-bond acceptors (Lipinski definition) is 4. The van der Waals surface area contributed by atoms with Crippen molar-refractivity contribution in [2.24, 2.45) is 10.8 Å². The fourth-order valence-electron chi connectivity index (χ4n) is 4.25. The maximum Gasteiger partial charge on any atom is 0.313 e. The van der Waals surface area contributed by atoms with Crippen LogP contribution in [0.15, 0.2) is 0 Å². The van der Waals surface area contributed by atoms with E-state index in [0.29, 0.717) is 38.9 Å². The van der Waals surface area contributed by atoms with Gasteiger partial charge in [-0.2, -0.15) is 0 Å². The smallest absolute Gasteiger partial charge is 0.313 e. The number of carbonyl (C=O) groups excluding carboxylic acids is 2. The molecule has 0 heterocycles. The fourth-order valence-corrected chi connectivity index (χ4v) is 4.25. The molecule has 0 aromatic heterocycles. The quantitative estimate of drug-likeness (QED) is 0.427. The molecular formula is C20H38O4. The van der Waals surface area contributed by atoms with E-state index < -0.39 is 10.8 Å². The van der Waals surface area contributed by atoms with E-state index in [9.17, 15) is 9.59 Å². The van der Waals surface area contributed by atoms with E-state index in [-0.39, 0.29) is 11.9 Å². The van der Waals surface area contributed by atoms with Crippen LogP contribution in [0.5, 0.6) is 0 Å². The van der Waals surface area contributed by atoms with Crippen molar-refractivity contribution in [3.63, 3.8) is 0 Å². The molecule has 4 nitrogen and oxygen atoms in total. The average Bonchev–Trinajstić information content (AvgIpc) is 2.54. The van der Waals surface area contributed by atoms with Crippen LogP contribution in [-0.4, -0.2) is 25.2 Å². The Kier molecular flexibility index (Phi) is 11.0. The third-order valence-electron chi connectivity index (χ3n) is 4.96. The number of ether oxygens (including phenoxy) is 2. The van der Waals surface area contributed by atoms with Gasteiger partial charge in [-0.05, 0) is 39.5 Å². The van der Waals surface area contributed by atoms with Gasteiger partial charge in [-0.3, -0.25) is 9.59 Å². The van der Waals surface area contributed by atoms with E-state index in [1.807, 2.05) is 13.8 Å². The summed E-state index contributed by atoms with van der Waals surface area (Å²) in [5, 5.41) is 0. The molecule has 0 aromatic carbocycles. The number of rotatable bonds is 13. The van der Waals surface area contributed by atoms with Gasteiger partial charge in [0.1, 0.15) is 0 Å².